The fraction of sp³-hybridized carbons (Fsp3) is 0.588. The average molecular weight is 319 g/mol. The number of hydrogen-bond donors (Lipinski definition) is 1. The van der Waals surface area contributed by atoms with Crippen molar-refractivity contribution < 1.29 is 9.72 Å². The molecule has 1 heterocycles. The maximum absolute atomic E-state index is 12.0. The maximum Gasteiger partial charge on any atom is 0.270 e. The van der Waals surface area contributed by atoms with Gasteiger partial charge in [-0.2, -0.15) is 0 Å². The van der Waals surface area contributed by atoms with Gasteiger partial charge in [0.1, 0.15) is 0 Å². The molecule has 0 bridgehead atoms. The first-order valence-electron chi connectivity index (χ1n) is 8.38. The summed E-state index contributed by atoms with van der Waals surface area (Å²) < 4.78 is 0. The van der Waals surface area contributed by atoms with Crippen molar-refractivity contribution in [3.05, 3.63) is 39.9 Å². The molecular weight excluding hydrogens is 294 g/mol. The van der Waals surface area contributed by atoms with Crippen LogP contribution in [0.4, 0.5) is 5.69 Å². The molecule has 1 aliphatic heterocycles. The van der Waals surface area contributed by atoms with Crippen LogP contribution in [-0.2, 0) is 0 Å². The van der Waals surface area contributed by atoms with E-state index >= 15 is 0 Å². The summed E-state index contributed by atoms with van der Waals surface area (Å²) in [5.74, 6) is -0.251. The molecule has 2 rings (SSSR count). The third kappa shape index (κ3) is 5.03. The third-order valence-corrected chi connectivity index (χ3v) is 4.45. The molecule has 1 aromatic carbocycles. The van der Waals surface area contributed by atoms with Crippen LogP contribution in [0.15, 0.2) is 24.3 Å². The summed E-state index contributed by atoms with van der Waals surface area (Å²) >= 11 is 0. The van der Waals surface area contributed by atoms with Crippen molar-refractivity contribution >= 4 is 11.6 Å². The van der Waals surface area contributed by atoms with Crippen LogP contribution >= 0.6 is 0 Å². The molecule has 1 fully saturated rings. The normalized spacial score (nSPS) is 18.6. The van der Waals surface area contributed by atoms with Gasteiger partial charge in [-0.3, -0.25) is 14.9 Å². The number of nitro benzene ring substituents is 1. The van der Waals surface area contributed by atoms with E-state index in [0.717, 1.165) is 19.5 Å². The molecule has 126 valence electrons. The Bertz CT molecular complexity index is 548. The number of benzene rings is 1. The first kappa shape index (κ1) is 17.4. The van der Waals surface area contributed by atoms with Gasteiger partial charge in [-0.1, -0.05) is 19.4 Å². The molecule has 23 heavy (non-hydrogen) atoms. The Kier molecular flexibility index (Phi) is 6.52. The van der Waals surface area contributed by atoms with Crippen LogP contribution in [0.2, 0.25) is 0 Å². The van der Waals surface area contributed by atoms with E-state index in [1.54, 1.807) is 6.07 Å². The van der Waals surface area contributed by atoms with Gasteiger partial charge >= 0.3 is 0 Å². The number of nitrogens with zero attached hydrogens (tertiary/aromatic N) is 2. The predicted octanol–water partition coefficient (Wildman–Crippen LogP) is 2.98. The summed E-state index contributed by atoms with van der Waals surface area (Å²) in [5.41, 5.74) is 0.278. The van der Waals surface area contributed by atoms with E-state index in [0.29, 0.717) is 18.2 Å². The zero-order valence-electron chi connectivity index (χ0n) is 13.7. The lowest BCUT2D eigenvalue weighted by Gasteiger charge is -2.35. The summed E-state index contributed by atoms with van der Waals surface area (Å²) in [4.78, 5) is 24.8. The number of carbonyl (C=O) groups is 1. The number of hydrogen-bond acceptors (Lipinski definition) is 4. The summed E-state index contributed by atoms with van der Waals surface area (Å²) in [7, 11) is 0. The van der Waals surface area contributed by atoms with Gasteiger partial charge in [0.15, 0.2) is 0 Å². The van der Waals surface area contributed by atoms with Gasteiger partial charge in [-0.25, -0.2) is 0 Å². The van der Waals surface area contributed by atoms with E-state index in [1.807, 2.05) is 0 Å². The highest BCUT2D eigenvalue weighted by Crippen LogP contribution is 2.19. The van der Waals surface area contributed by atoms with Gasteiger partial charge in [0, 0.05) is 36.8 Å². The number of nitro groups is 1. The van der Waals surface area contributed by atoms with E-state index < -0.39 is 4.92 Å². The second-order valence-electron chi connectivity index (χ2n) is 6.01. The van der Waals surface area contributed by atoms with Gasteiger partial charge in [0.05, 0.1) is 4.92 Å². The van der Waals surface area contributed by atoms with E-state index in [-0.39, 0.29) is 11.6 Å². The third-order valence-electron chi connectivity index (χ3n) is 4.45. The van der Waals surface area contributed by atoms with Crippen LogP contribution in [-0.4, -0.2) is 41.4 Å². The Morgan fingerprint density at radius 2 is 2.26 bits per heavy atom. The molecule has 1 aliphatic rings. The quantitative estimate of drug-likeness (QED) is 0.476. The van der Waals surface area contributed by atoms with E-state index in [2.05, 4.69) is 17.1 Å². The standard InChI is InChI=1S/C17H25N3O3/c1-2-15-8-3-4-11-19(15)12-6-10-18-17(21)14-7-5-9-16(13-14)20(22)23/h5,7,9,13,15H,2-4,6,8,10-12H2,1H3,(H,18,21). The fourth-order valence-electron chi connectivity index (χ4n) is 3.16. The smallest absolute Gasteiger partial charge is 0.270 e. The Morgan fingerprint density at radius 1 is 1.43 bits per heavy atom. The molecule has 6 heteroatoms. The van der Waals surface area contributed by atoms with Crippen molar-refractivity contribution in [3.8, 4) is 0 Å². The van der Waals surface area contributed by atoms with Crippen LogP contribution in [0.1, 0.15) is 49.4 Å². The van der Waals surface area contributed by atoms with Crippen LogP contribution in [0.5, 0.6) is 0 Å². The first-order valence-corrected chi connectivity index (χ1v) is 8.38. The van der Waals surface area contributed by atoms with Gasteiger partial charge in [-0.05, 0) is 38.3 Å². The largest absolute Gasteiger partial charge is 0.352 e. The molecule has 1 aromatic rings. The molecule has 6 nitrogen and oxygen atoms in total. The molecule has 0 aliphatic carbocycles. The van der Waals surface area contributed by atoms with Gasteiger partial charge in [0.25, 0.3) is 11.6 Å². The van der Waals surface area contributed by atoms with Gasteiger partial charge < -0.3 is 10.2 Å². The summed E-state index contributed by atoms with van der Waals surface area (Å²) in [5, 5.41) is 13.6. The number of non-ortho nitro benzene ring substituents is 1. The SMILES string of the molecule is CCC1CCCCN1CCCNC(=O)c1cccc([N+](=O)[O-])c1. The molecule has 0 aromatic heterocycles. The van der Waals surface area contributed by atoms with Crippen molar-refractivity contribution in [2.45, 2.75) is 45.1 Å². The highest BCUT2D eigenvalue weighted by atomic mass is 16.6. The maximum atomic E-state index is 12.0. The lowest BCUT2D eigenvalue weighted by Crippen LogP contribution is -2.40. The highest BCUT2D eigenvalue weighted by molar-refractivity contribution is 5.94. The van der Waals surface area contributed by atoms with Gasteiger partial charge in [0.2, 0.25) is 0 Å². The molecule has 1 N–H and O–H groups in total. The zero-order valence-corrected chi connectivity index (χ0v) is 13.7. The molecule has 0 saturated carbocycles. The summed E-state index contributed by atoms with van der Waals surface area (Å²) in [6, 6.07) is 6.51. The number of amides is 1. The Labute approximate surface area is 137 Å². The number of nitrogens with one attached hydrogen (secondary N) is 1. The fourth-order valence-corrected chi connectivity index (χ4v) is 3.16. The number of rotatable bonds is 7. The van der Waals surface area contributed by atoms with Crippen LogP contribution < -0.4 is 5.32 Å². The topological polar surface area (TPSA) is 75.5 Å². The predicted molar refractivity (Wildman–Crippen MR) is 89.5 cm³/mol. The number of piperidine rings is 1. The lowest BCUT2D eigenvalue weighted by atomic mass is 10.00. The summed E-state index contributed by atoms with van der Waals surface area (Å²) in [6.07, 6.45) is 5.93. The van der Waals surface area contributed by atoms with Crippen LogP contribution in [0, 0.1) is 10.1 Å². The Balaban J connectivity index is 1.76. The summed E-state index contributed by atoms with van der Waals surface area (Å²) in [6.45, 7) is 4.96. The Hall–Kier alpha value is -1.95. The second kappa shape index (κ2) is 8.62. The first-order chi connectivity index (χ1) is 11.1. The lowest BCUT2D eigenvalue weighted by molar-refractivity contribution is -0.384. The van der Waals surface area contributed by atoms with E-state index in [1.165, 1.54) is 43.9 Å². The zero-order chi connectivity index (χ0) is 16.7. The minimum atomic E-state index is -0.488. The van der Waals surface area contributed by atoms with Crippen molar-refractivity contribution in [1.29, 1.82) is 0 Å². The molecule has 1 atom stereocenters. The highest BCUT2D eigenvalue weighted by Gasteiger charge is 2.20. The second-order valence-corrected chi connectivity index (χ2v) is 6.01. The van der Waals surface area contributed by atoms with Crippen molar-refractivity contribution in [2.24, 2.45) is 0 Å². The van der Waals surface area contributed by atoms with Gasteiger partial charge in [-0.15, -0.1) is 0 Å². The monoisotopic (exact) mass is 319 g/mol. The molecule has 1 saturated heterocycles. The molecule has 1 unspecified atom stereocenters. The Morgan fingerprint density at radius 3 is 3.00 bits per heavy atom. The van der Waals surface area contributed by atoms with Crippen LogP contribution in [0.25, 0.3) is 0 Å². The van der Waals surface area contributed by atoms with Crippen molar-refractivity contribution in [3.63, 3.8) is 0 Å². The molecule has 0 radical (unpaired) electrons. The van der Waals surface area contributed by atoms with Crippen molar-refractivity contribution in [1.82, 2.24) is 10.2 Å². The number of carbonyl (C=O) groups excluding carboxylic acids is 1. The molecule has 1 amide bonds. The average Bonchev–Trinajstić information content (AvgIpc) is 2.59. The number of likely N-dealkylation sites (tertiary alicyclic amines) is 1. The van der Waals surface area contributed by atoms with Crippen molar-refractivity contribution in [2.75, 3.05) is 19.6 Å². The minimum Gasteiger partial charge on any atom is -0.352 e. The van der Waals surface area contributed by atoms with E-state index in [4.69, 9.17) is 0 Å². The van der Waals surface area contributed by atoms with E-state index in [9.17, 15) is 14.9 Å². The minimum absolute atomic E-state index is 0.0586. The molecule has 0 spiro atoms. The van der Waals surface area contributed by atoms with Crippen LogP contribution in [0.3, 0.4) is 0 Å². The molecular formula is C17H25N3O3.